The van der Waals surface area contributed by atoms with Crippen LogP contribution in [0.4, 0.5) is 0 Å². The van der Waals surface area contributed by atoms with Crippen molar-refractivity contribution in [1.82, 2.24) is 0 Å². The minimum absolute atomic E-state index is 0.0562. The van der Waals surface area contributed by atoms with Crippen molar-refractivity contribution in [2.24, 2.45) is 5.73 Å². The molecule has 0 saturated carbocycles. The van der Waals surface area contributed by atoms with Crippen LogP contribution in [-0.2, 0) is 16.0 Å². The number of hydrogen-bond donors (Lipinski definition) is 1. The van der Waals surface area contributed by atoms with Gasteiger partial charge >= 0.3 is 5.97 Å². The maximum absolute atomic E-state index is 11.5. The van der Waals surface area contributed by atoms with Gasteiger partial charge in [0.05, 0.1) is 13.7 Å². The Kier molecular flexibility index (Phi) is 4.43. The number of rotatable bonds is 5. The van der Waals surface area contributed by atoms with Gasteiger partial charge in [-0.3, -0.25) is 4.79 Å². The molecule has 4 heteroatoms. The van der Waals surface area contributed by atoms with E-state index in [1.54, 1.807) is 7.11 Å². The summed E-state index contributed by atoms with van der Waals surface area (Å²) in [5.74, 6) is 0.896. The van der Waals surface area contributed by atoms with Crippen LogP contribution in [0, 0.1) is 0 Å². The molecule has 0 bridgehead atoms. The van der Waals surface area contributed by atoms with Crippen molar-refractivity contribution >= 4 is 5.97 Å². The van der Waals surface area contributed by atoms with Gasteiger partial charge in [-0.05, 0) is 31.4 Å². The molecule has 0 heterocycles. The van der Waals surface area contributed by atoms with Gasteiger partial charge < -0.3 is 15.2 Å². The molecule has 1 aromatic rings. The van der Waals surface area contributed by atoms with Crippen LogP contribution < -0.4 is 10.5 Å². The summed E-state index contributed by atoms with van der Waals surface area (Å²) < 4.78 is 10.4. The fourth-order valence-electron chi connectivity index (χ4n) is 2.84. The van der Waals surface area contributed by atoms with Crippen LogP contribution >= 0.6 is 0 Å². The smallest absolute Gasteiger partial charge is 0.305 e. The summed E-state index contributed by atoms with van der Waals surface area (Å²) in [4.78, 5) is 11.5. The van der Waals surface area contributed by atoms with Gasteiger partial charge in [-0.2, -0.15) is 0 Å². The zero-order chi connectivity index (χ0) is 13.8. The number of benzene rings is 1. The Morgan fingerprint density at radius 2 is 2.26 bits per heavy atom. The molecule has 1 aliphatic rings. The van der Waals surface area contributed by atoms with E-state index in [0.29, 0.717) is 19.4 Å². The third kappa shape index (κ3) is 2.89. The number of carbonyl (C=O) groups excluding carboxylic acids is 1. The van der Waals surface area contributed by atoms with Gasteiger partial charge in [-0.15, -0.1) is 0 Å². The van der Waals surface area contributed by atoms with Crippen LogP contribution in [0.3, 0.4) is 0 Å². The molecule has 0 aliphatic heterocycles. The minimum Gasteiger partial charge on any atom is -0.496 e. The molecule has 0 radical (unpaired) electrons. The second-order valence-electron chi connectivity index (χ2n) is 4.85. The number of esters is 1. The molecule has 2 rings (SSSR count). The molecule has 0 spiro atoms. The molecule has 2 unspecified atom stereocenters. The number of carbonyl (C=O) groups is 1. The SMILES string of the molecule is CCOC(=O)CCC1c2c(cccc2OC)CC1N. The van der Waals surface area contributed by atoms with Gasteiger partial charge in [-0.25, -0.2) is 0 Å². The van der Waals surface area contributed by atoms with Crippen LogP contribution in [0.1, 0.15) is 36.8 Å². The summed E-state index contributed by atoms with van der Waals surface area (Å²) in [6.07, 6.45) is 1.97. The summed E-state index contributed by atoms with van der Waals surface area (Å²) in [5, 5.41) is 0. The van der Waals surface area contributed by atoms with Gasteiger partial charge in [0, 0.05) is 23.9 Å². The maximum atomic E-state index is 11.5. The van der Waals surface area contributed by atoms with Crippen molar-refractivity contribution < 1.29 is 14.3 Å². The Morgan fingerprint density at radius 3 is 2.95 bits per heavy atom. The van der Waals surface area contributed by atoms with Crippen LogP contribution in [0.2, 0.25) is 0 Å². The van der Waals surface area contributed by atoms with E-state index in [9.17, 15) is 4.79 Å². The molecule has 0 saturated heterocycles. The molecule has 0 fully saturated rings. The Hall–Kier alpha value is -1.55. The number of hydrogen-bond acceptors (Lipinski definition) is 4. The molecule has 1 aliphatic carbocycles. The first kappa shape index (κ1) is 13.9. The first-order chi connectivity index (χ1) is 9.17. The van der Waals surface area contributed by atoms with E-state index in [1.807, 2.05) is 19.1 Å². The second kappa shape index (κ2) is 6.06. The number of nitrogens with two attached hydrogens (primary N) is 1. The van der Waals surface area contributed by atoms with Crippen molar-refractivity contribution in [3.05, 3.63) is 29.3 Å². The standard InChI is InChI=1S/C15H21NO3/c1-3-19-14(17)8-7-11-12(16)9-10-5-4-6-13(18-2)15(10)11/h4-6,11-12H,3,7-9,16H2,1-2H3. The normalized spacial score (nSPS) is 21.0. The van der Waals surface area contributed by atoms with Gasteiger partial charge in [0.1, 0.15) is 5.75 Å². The molecule has 4 nitrogen and oxygen atoms in total. The quantitative estimate of drug-likeness (QED) is 0.825. The lowest BCUT2D eigenvalue weighted by Crippen LogP contribution is -2.25. The molecule has 104 valence electrons. The van der Waals surface area contributed by atoms with Crippen LogP contribution in [0.15, 0.2) is 18.2 Å². The highest BCUT2D eigenvalue weighted by molar-refractivity contribution is 5.69. The summed E-state index contributed by atoms with van der Waals surface area (Å²) in [6, 6.07) is 6.08. The second-order valence-corrected chi connectivity index (χ2v) is 4.85. The molecule has 1 aromatic carbocycles. The lowest BCUT2D eigenvalue weighted by molar-refractivity contribution is -0.143. The average Bonchev–Trinajstić information content (AvgIpc) is 2.72. The largest absolute Gasteiger partial charge is 0.496 e. The fraction of sp³-hybridized carbons (Fsp3) is 0.533. The monoisotopic (exact) mass is 263 g/mol. The van der Waals surface area contributed by atoms with Crippen molar-refractivity contribution in [2.75, 3.05) is 13.7 Å². The molecule has 0 aromatic heterocycles. The Balaban J connectivity index is 2.13. The Morgan fingerprint density at radius 1 is 1.47 bits per heavy atom. The van der Waals surface area contributed by atoms with Gasteiger partial charge in [-0.1, -0.05) is 12.1 Å². The number of ether oxygens (including phenoxy) is 2. The molecule has 2 N–H and O–H groups in total. The highest BCUT2D eigenvalue weighted by Gasteiger charge is 2.32. The Labute approximate surface area is 113 Å². The third-order valence-corrected chi connectivity index (χ3v) is 3.68. The van der Waals surface area contributed by atoms with E-state index >= 15 is 0 Å². The van der Waals surface area contributed by atoms with Crippen molar-refractivity contribution in [3.63, 3.8) is 0 Å². The Bertz CT molecular complexity index is 459. The number of fused-ring (bicyclic) bond motifs is 1. The molecule has 0 amide bonds. The fourth-order valence-corrected chi connectivity index (χ4v) is 2.84. The maximum Gasteiger partial charge on any atom is 0.305 e. The topological polar surface area (TPSA) is 61.5 Å². The lowest BCUT2D eigenvalue weighted by Gasteiger charge is -2.18. The highest BCUT2D eigenvalue weighted by atomic mass is 16.5. The van der Waals surface area contributed by atoms with Crippen molar-refractivity contribution in [3.8, 4) is 5.75 Å². The summed E-state index contributed by atoms with van der Waals surface area (Å²) >= 11 is 0. The van der Waals surface area contributed by atoms with Crippen LogP contribution in [0.25, 0.3) is 0 Å². The zero-order valence-corrected chi connectivity index (χ0v) is 11.5. The van der Waals surface area contributed by atoms with Crippen LogP contribution in [0.5, 0.6) is 5.75 Å². The first-order valence-electron chi connectivity index (χ1n) is 6.74. The van der Waals surface area contributed by atoms with E-state index in [2.05, 4.69) is 6.07 Å². The molecule has 19 heavy (non-hydrogen) atoms. The van der Waals surface area contributed by atoms with Gasteiger partial charge in [0.15, 0.2) is 0 Å². The van der Waals surface area contributed by atoms with Gasteiger partial charge in [0.2, 0.25) is 0 Å². The highest BCUT2D eigenvalue weighted by Crippen LogP contribution is 2.41. The lowest BCUT2D eigenvalue weighted by atomic mass is 9.93. The van der Waals surface area contributed by atoms with E-state index in [0.717, 1.165) is 12.2 Å². The first-order valence-corrected chi connectivity index (χ1v) is 6.74. The third-order valence-electron chi connectivity index (χ3n) is 3.68. The average molecular weight is 263 g/mol. The predicted octanol–water partition coefficient (Wildman–Crippen LogP) is 2.01. The summed E-state index contributed by atoms with van der Waals surface area (Å²) in [5.41, 5.74) is 8.61. The summed E-state index contributed by atoms with van der Waals surface area (Å²) in [6.45, 7) is 2.24. The predicted molar refractivity (Wildman–Crippen MR) is 73.3 cm³/mol. The van der Waals surface area contributed by atoms with Gasteiger partial charge in [0.25, 0.3) is 0 Å². The number of methoxy groups -OCH3 is 1. The van der Waals surface area contributed by atoms with E-state index < -0.39 is 0 Å². The molecule has 2 atom stereocenters. The molecular weight excluding hydrogens is 242 g/mol. The summed E-state index contributed by atoms with van der Waals surface area (Å²) in [7, 11) is 1.67. The van der Waals surface area contributed by atoms with Crippen LogP contribution in [-0.4, -0.2) is 25.7 Å². The minimum atomic E-state index is -0.155. The molecular formula is C15H21NO3. The van der Waals surface area contributed by atoms with E-state index in [-0.39, 0.29) is 17.9 Å². The van der Waals surface area contributed by atoms with E-state index in [1.165, 1.54) is 11.1 Å². The van der Waals surface area contributed by atoms with E-state index in [4.69, 9.17) is 15.2 Å². The van der Waals surface area contributed by atoms with Crippen molar-refractivity contribution in [1.29, 1.82) is 0 Å². The zero-order valence-electron chi connectivity index (χ0n) is 11.5. The van der Waals surface area contributed by atoms with Crippen molar-refractivity contribution in [2.45, 2.75) is 38.1 Å².